The lowest BCUT2D eigenvalue weighted by Crippen LogP contribution is -2.45. The van der Waals surface area contributed by atoms with Gasteiger partial charge in [-0.15, -0.1) is 11.3 Å². The van der Waals surface area contributed by atoms with Crippen LogP contribution in [0.3, 0.4) is 0 Å². The Morgan fingerprint density at radius 2 is 2.10 bits per heavy atom. The van der Waals surface area contributed by atoms with Crippen molar-refractivity contribution in [2.24, 2.45) is 0 Å². The molecule has 0 saturated carbocycles. The average Bonchev–Trinajstić information content (AvgIpc) is 3.02. The molecule has 0 radical (unpaired) electrons. The maximum atomic E-state index is 5.86. The maximum Gasteiger partial charge on any atom is 0.163 e. The molecule has 2 aromatic heterocycles. The number of furan rings is 1. The Hall–Kier alpha value is -1.69. The van der Waals surface area contributed by atoms with Crippen LogP contribution in [0.1, 0.15) is 5.76 Å². The molecular weight excluding hydrogens is 272 g/mol. The monoisotopic (exact) mass is 286 g/mol. The highest BCUT2D eigenvalue weighted by molar-refractivity contribution is 7.21. The maximum absolute atomic E-state index is 5.86. The van der Waals surface area contributed by atoms with Crippen LogP contribution < -0.4 is 5.32 Å². The number of thiazole rings is 1. The van der Waals surface area contributed by atoms with E-state index in [4.69, 9.17) is 9.15 Å². The SMILES string of the molecule is c1ccc2sc(-c3ccc(CNC4COC4)o3)nc2c1. The Balaban J connectivity index is 1.54. The van der Waals surface area contributed by atoms with Gasteiger partial charge in [0.05, 0.1) is 36.0 Å². The topological polar surface area (TPSA) is 47.3 Å². The molecule has 0 bridgehead atoms. The van der Waals surface area contributed by atoms with E-state index in [0.717, 1.165) is 41.8 Å². The van der Waals surface area contributed by atoms with Crippen molar-refractivity contribution in [3.05, 3.63) is 42.2 Å². The van der Waals surface area contributed by atoms with Gasteiger partial charge in [-0.3, -0.25) is 0 Å². The smallest absolute Gasteiger partial charge is 0.163 e. The van der Waals surface area contributed by atoms with Crippen LogP contribution in [0.4, 0.5) is 0 Å². The number of ether oxygens (including phenoxy) is 1. The van der Waals surface area contributed by atoms with Crippen LogP contribution >= 0.6 is 11.3 Å². The molecule has 3 heterocycles. The highest BCUT2D eigenvalue weighted by Crippen LogP contribution is 2.31. The summed E-state index contributed by atoms with van der Waals surface area (Å²) in [5.41, 5.74) is 1.02. The minimum absolute atomic E-state index is 0.464. The molecule has 0 aliphatic carbocycles. The van der Waals surface area contributed by atoms with Crippen molar-refractivity contribution in [1.82, 2.24) is 10.3 Å². The highest BCUT2D eigenvalue weighted by atomic mass is 32.1. The lowest BCUT2D eigenvalue weighted by molar-refractivity contribution is -0.00640. The zero-order chi connectivity index (χ0) is 13.4. The van der Waals surface area contributed by atoms with Gasteiger partial charge >= 0.3 is 0 Å². The number of benzene rings is 1. The Morgan fingerprint density at radius 1 is 1.20 bits per heavy atom. The van der Waals surface area contributed by atoms with Gasteiger partial charge in [0.15, 0.2) is 10.8 Å². The normalized spacial score (nSPS) is 15.6. The number of nitrogens with one attached hydrogen (secondary N) is 1. The number of aromatic nitrogens is 1. The van der Waals surface area contributed by atoms with Gasteiger partial charge in [-0.25, -0.2) is 4.98 Å². The summed E-state index contributed by atoms with van der Waals surface area (Å²) in [6.07, 6.45) is 0. The minimum atomic E-state index is 0.464. The molecule has 102 valence electrons. The number of rotatable bonds is 4. The second-order valence-corrected chi connectivity index (χ2v) is 5.90. The zero-order valence-electron chi connectivity index (χ0n) is 10.8. The highest BCUT2D eigenvalue weighted by Gasteiger charge is 2.18. The largest absolute Gasteiger partial charge is 0.457 e. The molecule has 20 heavy (non-hydrogen) atoms. The summed E-state index contributed by atoms with van der Waals surface area (Å²) in [6, 6.07) is 12.6. The van der Waals surface area contributed by atoms with Gasteiger partial charge in [0.25, 0.3) is 0 Å². The predicted molar refractivity (Wildman–Crippen MR) is 78.8 cm³/mol. The van der Waals surface area contributed by atoms with E-state index < -0.39 is 0 Å². The summed E-state index contributed by atoms with van der Waals surface area (Å²) in [7, 11) is 0. The fourth-order valence-corrected chi connectivity index (χ4v) is 3.09. The van der Waals surface area contributed by atoms with E-state index in [0.29, 0.717) is 6.04 Å². The summed E-state index contributed by atoms with van der Waals surface area (Å²) < 4.78 is 12.2. The minimum Gasteiger partial charge on any atom is -0.457 e. The summed E-state index contributed by atoms with van der Waals surface area (Å²) in [5, 5.41) is 4.33. The Bertz CT molecular complexity index is 697. The van der Waals surface area contributed by atoms with Crippen LogP contribution in [-0.2, 0) is 11.3 Å². The fraction of sp³-hybridized carbons (Fsp3) is 0.267. The van der Waals surface area contributed by atoms with Crippen LogP contribution in [0.15, 0.2) is 40.8 Å². The molecule has 1 N–H and O–H groups in total. The molecule has 1 aliphatic rings. The second-order valence-electron chi connectivity index (χ2n) is 4.87. The van der Waals surface area contributed by atoms with Crippen molar-refractivity contribution in [1.29, 1.82) is 0 Å². The molecule has 0 amide bonds. The first kappa shape index (κ1) is 12.1. The molecule has 1 saturated heterocycles. The number of para-hydroxylation sites is 1. The van der Waals surface area contributed by atoms with Gasteiger partial charge in [-0.05, 0) is 24.3 Å². The number of fused-ring (bicyclic) bond motifs is 1. The summed E-state index contributed by atoms with van der Waals surface area (Å²) in [5.74, 6) is 1.78. The standard InChI is InChI=1S/C15H14N2O2S/c1-2-4-14-12(3-1)17-15(20-14)13-6-5-11(19-13)7-16-10-8-18-9-10/h1-6,10,16H,7-9H2. The molecular formula is C15H14N2O2S. The molecule has 5 heteroatoms. The first-order chi connectivity index (χ1) is 9.88. The van der Waals surface area contributed by atoms with Crippen LogP contribution in [0.25, 0.3) is 21.0 Å². The zero-order valence-corrected chi connectivity index (χ0v) is 11.7. The number of nitrogens with zero attached hydrogens (tertiary/aromatic N) is 1. The van der Waals surface area contributed by atoms with Crippen LogP contribution in [0, 0.1) is 0 Å². The molecule has 1 aliphatic heterocycles. The molecule has 3 aromatic rings. The average molecular weight is 286 g/mol. The van der Waals surface area contributed by atoms with E-state index in [1.54, 1.807) is 11.3 Å². The molecule has 0 unspecified atom stereocenters. The van der Waals surface area contributed by atoms with Crippen molar-refractivity contribution >= 4 is 21.6 Å². The first-order valence-electron chi connectivity index (χ1n) is 6.64. The van der Waals surface area contributed by atoms with Crippen molar-refractivity contribution in [3.63, 3.8) is 0 Å². The second kappa shape index (κ2) is 5.01. The van der Waals surface area contributed by atoms with E-state index in [1.807, 2.05) is 30.3 Å². The lowest BCUT2D eigenvalue weighted by Gasteiger charge is -2.26. The summed E-state index contributed by atoms with van der Waals surface area (Å²) >= 11 is 1.66. The van der Waals surface area contributed by atoms with E-state index in [-0.39, 0.29) is 0 Å². The third-order valence-corrected chi connectivity index (χ3v) is 4.42. The third kappa shape index (κ3) is 2.24. The van der Waals surface area contributed by atoms with Crippen LogP contribution in [-0.4, -0.2) is 24.2 Å². The molecule has 4 nitrogen and oxygen atoms in total. The van der Waals surface area contributed by atoms with Gasteiger partial charge in [-0.1, -0.05) is 12.1 Å². The first-order valence-corrected chi connectivity index (χ1v) is 7.46. The van der Waals surface area contributed by atoms with E-state index in [2.05, 4.69) is 16.4 Å². The summed E-state index contributed by atoms with van der Waals surface area (Å²) in [6.45, 7) is 2.33. The molecule has 0 spiro atoms. The van der Waals surface area contributed by atoms with Gasteiger partial charge in [0.2, 0.25) is 0 Å². The van der Waals surface area contributed by atoms with Crippen molar-refractivity contribution in [2.45, 2.75) is 12.6 Å². The molecule has 1 fully saturated rings. The molecule has 4 rings (SSSR count). The third-order valence-electron chi connectivity index (χ3n) is 3.37. The molecule has 0 atom stereocenters. The fourth-order valence-electron chi connectivity index (χ4n) is 2.16. The van der Waals surface area contributed by atoms with Gasteiger partial charge in [-0.2, -0.15) is 0 Å². The van der Waals surface area contributed by atoms with Crippen molar-refractivity contribution in [2.75, 3.05) is 13.2 Å². The van der Waals surface area contributed by atoms with Gasteiger partial charge in [0, 0.05) is 0 Å². The van der Waals surface area contributed by atoms with Crippen LogP contribution in [0.5, 0.6) is 0 Å². The van der Waals surface area contributed by atoms with Gasteiger partial charge in [0.1, 0.15) is 5.76 Å². The number of hydrogen-bond acceptors (Lipinski definition) is 5. The Morgan fingerprint density at radius 3 is 2.90 bits per heavy atom. The van der Waals surface area contributed by atoms with E-state index in [9.17, 15) is 0 Å². The van der Waals surface area contributed by atoms with E-state index in [1.165, 1.54) is 4.70 Å². The van der Waals surface area contributed by atoms with Crippen molar-refractivity contribution < 1.29 is 9.15 Å². The van der Waals surface area contributed by atoms with Crippen molar-refractivity contribution in [3.8, 4) is 10.8 Å². The quantitative estimate of drug-likeness (QED) is 0.801. The van der Waals surface area contributed by atoms with Crippen LogP contribution in [0.2, 0.25) is 0 Å². The number of hydrogen-bond donors (Lipinski definition) is 1. The summed E-state index contributed by atoms with van der Waals surface area (Å²) in [4.78, 5) is 4.60. The lowest BCUT2D eigenvalue weighted by atomic mass is 10.2. The predicted octanol–water partition coefficient (Wildman–Crippen LogP) is 3.04. The molecule has 1 aromatic carbocycles. The van der Waals surface area contributed by atoms with E-state index >= 15 is 0 Å². The van der Waals surface area contributed by atoms with Gasteiger partial charge < -0.3 is 14.5 Å². The Labute approximate surface area is 120 Å². The Kier molecular flexibility index (Phi) is 3.03.